The first-order chi connectivity index (χ1) is 14.0. The third kappa shape index (κ3) is 3.30. The van der Waals surface area contributed by atoms with Crippen LogP contribution in [0, 0.1) is 0 Å². The first kappa shape index (κ1) is 19.2. The van der Waals surface area contributed by atoms with Crippen LogP contribution in [-0.4, -0.2) is 40.4 Å². The van der Waals surface area contributed by atoms with Gasteiger partial charge in [0.25, 0.3) is 5.91 Å². The summed E-state index contributed by atoms with van der Waals surface area (Å²) in [6, 6.07) is 9.07. The number of aromatic nitrogens is 2. The number of hydrogen-bond donors (Lipinski definition) is 1. The molecule has 2 aromatic heterocycles. The molecule has 29 heavy (non-hydrogen) atoms. The minimum Gasteiger partial charge on any atom is -0.503 e. The van der Waals surface area contributed by atoms with Gasteiger partial charge in [-0.15, -0.1) is 10.2 Å². The molecule has 0 saturated carbocycles. The molecule has 0 bridgehead atoms. The highest BCUT2D eigenvalue weighted by molar-refractivity contribution is 8.00. The van der Waals surface area contributed by atoms with E-state index < -0.39 is 23.5 Å². The number of methoxy groups -OCH3 is 1. The van der Waals surface area contributed by atoms with E-state index in [-0.39, 0.29) is 16.5 Å². The number of aliphatic hydroxyl groups excluding tert-OH is 1. The summed E-state index contributed by atoms with van der Waals surface area (Å²) in [7, 11) is 1.54. The lowest BCUT2D eigenvalue weighted by Gasteiger charge is -2.24. The molecule has 0 spiro atoms. The number of thioether (sulfide) groups is 1. The summed E-state index contributed by atoms with van der Waals surface area (Å²) in [4.78, 5) is 27.3. The van der Waals surface area contributed by atoms with Gasteiger partial charge in [-0.1, -0.05) is 35.2 Å². The summed E-state index contributed by atoms with van der Waals surface area (Å²) in [6.07, 6.45) is 3.20. The second-order valence-electron chi connectivity index (χ2n) is 5.97. The second kappa shape index (κ2) is 7.72. The summed E-state index contributed by atoms with van der Waals surface area (Å²) in [5.74, 6) is -1.27. The molecule has 1 aromatic carbocycles. The molecule has 1 N–H and O–H groups in total. The lowest BCUT2D eigenvalue weighted by atomic mass is 9.95. The van der Waals surface area contributed by atoms with E-state index in [0.717, 1.165) is 0 Å². The van der Waals surface area contributed by atoms with Crippen molar-refractivity contribution in [2.45, 2.75) is 10.4 Å². The number of nitrogens with zero attached hydrogens (tertiary/aromatic N) is 3. The highest BCUT2D eigenvalue weighted by Gasteiger charge is 2.46. The zero-order chi connectivity index (χ0) is 20.5. The Morgan fingerprint density at radius 1 is 1.28 bits per heavy atom. The normalized spacial score (nSPS) is 16.6. The van der Waals surface area contributed by atoms with Crippen molar-refractivity contribution in [2.75, 3.05) is 18.3 Å². The van der Waals surface area contributed by atoms with E-state index in [4.69, 9.17) is 9.15 Å². The number of benzene rings is 1. The topological polar surface area (TPSA) is 106 Å². The van der Waals surface area contributed by atoms with Crippen molar-refractivity contribution < 1.29 is 23.8 Å². The fourth-order valence-electron chi connectivity index (χ4n) is 3.06. The van der Waals surface area contributed by atoms with Gasteiger partial charge in [0.2, 0.25) is 10.9 Å². The van der Waals surface area contributed by atoms with Gasteiger partial charge in [-0.05, 0) is 36.1 Å². The molecule has 3 aromatic rings. The molecule has 4 rings (SSSR count). The van der Waals surface area contributed by atoms with Gasteiger partial charge in [0.05, 0.1) is 25.0 Å². The molecular weight excluding hydrogens is 414 g/mol. The van der Waals surface area contributed by atoms with Crippen LogP contribution in [0.25, 0.3) is 0 Å². The monoisotopic (exact) mass is 429 g/mol. The van der Waals surface area contributed by atoms with Gasteiger partial charge in [0, 0.05) is 0 Å². The Hall–Kier alpha value is -3.11. The van der Waals surface area contributed by atoms with Crippen LogP contribution in [0.1, 0.15) is 22.2 Å². The van der Waals surface area contributed by atoms with E-state index in [1.54, 1.807) is 37.4 Å². The van der Waals surface area contributed by atoms with Gasteiger partial charge < -0.3 is 14.3 Å². The molecule has 1 amide bonds. The van der Waals surface area contributed by atoms with Gasteiger partial charge in [-0.3, -0.25) is 14.5 Å². The number of carbonyl (C=O) groups is 2. The fourth-order valence-corrected chi connectivity index (χ4v) is 4.34. The minimum atomic E-state index is -0.881. The summed E-state index contributed by atoms with van der Waals surface area (Å²) >= 11 is 2.59. The van der Waals surface area contributed by atoms with E-state index >= 15 is 0 Å². The molecule has 1 aliphatic rings. The number of ether oxygens (including phenoxy) is 1. The van der Waals surface area contributed by atoms with Crippen LogP contribution in [0.15, 0.2) is 62.8 Å². The Balaban J connectivity index is 1.85. The first-order valence-corrected chi connectivity index (χ1v) is 10.5. The summed E-state index contributed by atoms with van der Waals surface area (Å²) < 4.78 is 11.0. The van der Waals surface area contributed by atoms with Crippen LogP contribution in [0.4, 0.5) is 5.13 Å². The maximum Gasteiger partial charge on any atom is 0.296 e. The van der Waals surface area contributed by atoms with Gasteiger partial charge in [-0.2, -0.15) is 0 Å². The quantitative estimate of drug-likeness (QED) is 0.360. The highest BCUT2D eigenvalue weighted by atomic mass is 32.2. The number of carbonyl (C=O) groups excluding carboxylic acids is 2. The maximum atomic E-state index is 13.1. The molecule has 0 aliphatic carbocycles. The number of amides is 1. The van der Waals surface area contributed by atoms with Crippen molar-refractivity contribution in [3.8, 4) is 5.75 Å². The molecule has 3 heterocycles. The molecule has 0 radical (unpaired) electrons. The average Bonchev–Trinajstić information content (AvgIpc) is 3.48. The van der Waals surface area contributed by atoms with E-state index in [9.17, 15) is 14.7 Å². The Labute approximate surface area is 173 Å². The molecule has 1 aliphatic heterocycles. The lowest BCUT2D eigenvalue weighted by Crippen LogP contribution is -2.31. The molecule has 10 heteroatoms. The van der Waals surface area contributed by atoms with Crippen molar-refractivity contribution in [3.05, 3.63) is 65.3 Å². The summed E-state index contributed by atoms with van der Waals surface area (Å²) in [5.41, 5.74) is 0.537. The van der Waals surface area contributed by atoms with E-state index in [2.05, 4.69) is 10.2 Å². The first-order valence-electron chi connectivity index (χ1n) is 8.41. The Morgan fingerprint density at radius 3 is 2.62 bits per heavy atom. The van der Waals surface area contributed by atoms with Gasteiger partial charge in [0.15, 0.2) is 15.9 Å². The third-order valence-electron chi connectivity index (χ3n) is 4.41. The van der Waals surface area contributed by atoms with Crippen LogP contribution in [0.2, 0.25) is 0 Å². The number of aliphatic hydroxyl groups is 1. The van der Waals surface area contributed by atoms with E-state index in [1.807, 2.05) is 6.26 Å². The van der Waals surface area contributed by atoms with Crippen LogP contribution in [0.5, 0.6) is 5.75 Å². The number of hydrogen-bond acceptors (Lipinski definition) is 9. The molecular formula is C19H15N3O5S2. The zero-order valence-corrected chi connectivity index (χ0v) is 17.0. The molecule has 0 unspecified atom stereocenters. The van der Waals surface area contributed by atoms with Crippen molar-refractivity contribution in [1.29, 1.82) is 0 Å². The smallest absolute Gasteiger partial charge is 0.296 e. The largest absolute Gasteiger partial charge is 0.503 e. The summed E-state index contributed by atoms with van der Waals surface area (Å²) in [6.45, 7) is 0. The Morgan fingerprint density at radius 2 is 2.03 bits per heavy atom. The highest BCUT2D eigenvalue weighted by Crippen LogP contribution is 2.43. The van der Waals surface area contributed by atoms with Crippen molar-refractivity contribution in [1.82, 2.24) is 10.2 Å². The molecule has 1 atom stereocenters. The number of anilines is 1. The molecule has 0 fully saturated rings. The van der Waals surface area contributed by atoms with Crippen molar-refractivity contribution in [2.24, 2.45) is 0 Å². The number of rotatable bonds is 6. The number of furan rings is 1. The molecule has 0 saturated heterocycles. The van der Waals surface area contributed by atoms with Crippen LogP contribution < -0.4 is 9.64 Å². The SMILES string of the molecule is COc1ccc([C@H]2C(C(=O)c3ccco3)=C(O)C(=O)N2c2nnc(SC)s2)cc1. The zero-order valence-electron chi connectivity index (χ0n) is 15.4. The van der Waals surface area contributed by atoms with Crippen LogP contribution in [0.3, 0.4) is 0 Å². The van der Waals surface area contributed by atoms with Crippen LogP contribution in [-0.2, 0) is 4.79 Å². The van der Waals surface area contributed by atoms with Crippen molar-refractivity contribution >= 4 is 39.9 Å². The van der Waals surface area contributed by atoms with Crippen LogP contribution >= 0.6 is 23.1 Å². The second-order valence-corrected chi connectivity index (χ2v) is 7.98. The summed E-state index contributed by atoms with van der Waals surface area (Å²) in [5, 5.41) is 19.0. The van der Waals surface area contributed by atoms with Gasteiger partial charge in [0.1, 0.15) is 5.75 Å². The van der Waals surface area contributed by atoms with Gasteiger partial charge >= 0.3 is 0 Å². The number of Topliss-reactive ketones (excluding diaryl/α,β-unsaturated/α-hetero) is 1. The maximum absolute atomic E-state index is 13.1. The molecule has 8 nitrogen and oxygen atoms in total. The predicted molar refractivity (Wildman–Crippen MR) is 108 cm³/mol. The fraction of sp³-hybridized carbons (Fsp3) is 0.158. The Bertz CT molecular complexity index is 1090. The van der Waals surface area contributed by atoms with E-state index in [1.165, 1.54) is 40.3 Å². The third-order valence-corrected chi connectivity index (χ3v) is 6.30. The number of ketones is 1. The predicted octanol–water partition coefficient (Wildman–Crippen LogP) is 3.64. The standard InChI is InChI=1S/C19H15N3O5S2/c1-26-11-7-5-10(6-8-11)14-13(15(23)12-4-3-9-27-12)16(24)17(25)22(14)18-20-21-19(28-2)29-18/h3-9,14,24H,1-2H3/t14-/m0/s1. The lowest BCUT2D eigenvalue weighted by molar-refractivity contribution is -0.117. The molecule has 148 valence electrons. The Kier molecular flexibility index (Phi) is 5.12. The van der Waals surface area contributed by atoms with E-state index in [0.29, 0.717) is 15.7 Å². The van der Waals surface area contributed by atoms with Crippen molar-refractivity contribution in [3.63, 3.8) is 0 Å². The average molecular weight is 429 g/mol. The van der Waals surface area contributed by atoms with Gasteiger partial charge in [-0.25, -0.2) is 0 Å². The minimum absolute atomic E-state index is 0.0294.